The van der Waals surface area contributed by atoms with Crippen molar-refractivity contribution < 1.29 is 18.9 Å². The van der Waals surface area contributed by atoms with E-state index in [2.05, 4.69) is 0 Å². The first-order valence-electron chi connectivity index (χ1n) is 6.57. The van der Waals surface area contributed by atoms with Crippen LogP contribution in [0.2, 0.25) is 5.02 Å². The van der Waals surface area contributed by atoms with Crippen molar-refractivity contribution in [2.24, 2.45) is 0 Å². The maximum absolute atomic E-state index is 12.1. The molecule has 0 fully saturated rings. The molecule has 0 aromatic heterocycles. The van der Waals surface area contributed by atoms with Gasteiger partial charge >= 0.3 is 7.60 Å². The number of rotatable bonds is 2. The molecule has 1 aliphatic rings. The van der Waals surface area contributed by atoms with Gasteiger partial charge in [-0.15, -0.1) is 0 Å². The van der Waals surface area contributed by atoms with Gasteiger partial charge in [-0.05, 0) is 42.3 Å². The number of aryl methyl sites for hydroxylation is 1. The minimum Gasteiger partial charge on any atom is -0.421 e. The van der Waals surface area contributed by atoms with Crippen LogP contribution in [-0.4, -0.2) is 9.82 Å². The molecule has 1 unspecified atom stereocenters. The standard InChI is InChI=1S/C15H11ClNO5P/c1-9-6-15-12(7-14(9)16)13(8-23(20,21)22-15)10-2-4-11(5-3-10)17(18)19/h2-8H,1H3,(H,20,21). The molecule has 0 amide bonds. The molecule has 1 aliphatic heterocycles. The molecule has 0 aliphatic carbocycles. The Morgan fingerprint density at radius 1 is 1.26 bits per heavy atom. The highest BCUT2D eigenvalue weighted by atomic mass is 35.5. The van der Waals surface area contributed by atoms with Crippen molar-refractivity contribution in [1.82, 2.24) is 0 Å². The van der Waals surface area contributed by atoms with Gasteiger partial charge in [-0.3, -0.25) is 10.1 Å². The fraction of sp³-hybridized carbons (Fsp3) is 0.0667. The highest BCUT2D eigenvalue weighted by Crippen LogP contribution is 2.54. The maximum atomic E-state index is 12.1. The quantitative estimate of drug-likeness (QED) is 0.488. The van der Waals surface area contributed by atoms with E-state index in [1.807, 2.05) is 0 Å². The van der Waals surface area contributed by atoms with Gasteiger partial charge in [-0.2, -0.15) is 0 Å². The molecule has 8 heteroatoms. The van der Waals surface area contributed by atoms with Crippen LogP contribution in [0.3, 0.4) is 0 Å². The minimum absolute atomic E-state index is 0.0595. The van der Waals surface area contributed by atoms with Gasteiger partial charge in [-0.25, -0.2) is 4.57 Å². The van der Waals surface area contributed by atoms with Crippen LogP contribution in [0.15, 0.2) is 42.2 Å². The number of fused-ring (bicyclic) bond motifs is 1. The third kappa shape index (κ3) is 3.01. The lowest BCUT2D eigenvalue weighted by atomic mass is 9.97. The van der Waals surface area contributed by atoms with Gasteiger partial charge in [0.25, 0.3) is 5.69 Å². The van der Waals surface area contributed by atoms with E-state index in [4.69, 9.17) is 16.1 Å². The Hall–Kier alpha value is -2.14. The van der Waals surface area contributed by atoms with Crippen LogP contribution in [0.5, 0.6) is 5.75 Å². The first kappa shape index (κ1) is 15.7. The lowest BCUT2D eigenvalue weighted by Crippen LogP contribution is -2.03. The zero-order chi connectivity index (χ0) is 16.8. The normalized spacial score (nSPS) is 19.5. The lowest BCUT2D eigenvalue weighted by Gasteiger charge is -2.23. The molecule has 0 saturated carbocycles. The Kier molecular flexibility index (Phi) is 3.76. The number of hydrogen-bond acceptors (Lipinski definition) is 4. The van der Waals surface area contributed by atoms with Gasteiger partial charge in [-0.1, -0.05) is 11.6 Å². The molecular weight excluding hydrogens is 341 g/mol. The number of nitro benzene ring substituents is 1. The van der Waals surface area contributed by atoms with E-state index in [9.17, 15) is 19.6 Å². The molecule has 1 N–H and O–H groups in total. The molecule has 6 nitrogen and oxygen atoms in total. The molecule has 1 atom stereocenters. The van der Waals surface area contributed by atoms with Gasteiger partial charge < -0.3 is 9.42 Å². The molecule has 0 bridgehead atoms. The van der Waals surface area contributed by atoms with E-state index in [0.717, 1.165) is 11.4 Å². The zero-order valence-electron chi connectivity index (χ0n) is 11.9. The lowest BCUT2D eigenvalue weighted by molar-refractivity contribution is -0.384. The molecule has 2 aromatic carbocycles. The molecule has 0 spiro atoms. The fourth-order valence-corrected chi connectivity index (χ4v) is 3.60. The summed E-state index contributed by atoms with van der Waals surface area (Å²) in [6.45, 7) is 1.76. The van der Waals surface area contributed by atoms with E-state index in [0.29, 0.717) is 21.7 Å². The van der Waals surface area contributed by atoms with Crippen molar-refractivity contribution >= 4 is 30.5 Å². The highest BCUT2D eigenvalue weighted by Gasteiger charge is 2.29. The first-order chi connectivity index (χ1) is 10.8. The summed E-state index contributed by atoms with van der Waals surface area (Å²) in [7, 11) is -3.95. The van der Waals surface area contributed by atoms with Gasteiger partial charge in [0.05, 0.1) is 4.92 Å². The molecule has 1 heterocycles. The highest BCUT2D eigenvalue weighted by molar-refractivity contribution is 7.57. The van der Waals surface area contributed by atoms with Gasteiger partial charge in [0, 0.05) is 34.1 Å². The largest absolute Gasteiger partial charge is 0.421 e. The van der Waals surface area contributed by atoms with Crippen molar-refractivity contribution in [3.8, 4) is 5.75 Å². The molecule has 118 valence electrons. The second kappa shape index (κ2) is 5.49. The number of hydrogen-bond donors (Lipinski definition) is 1. The monoisotopic (exact) mass is 351 g/mol. The molecule has 0 radical (unpaired) electrons. The number of nitrogens with zero attached hydrogens (tertiary/aromatic N) is 1. The van der Waals surface area contributed by atoms with Crippen molar-refractivity contribution in [3.63, 3.8) is 0 Å². The van der Waals surface area contributed by atoms with E-state index < -0.39 is 12.5 Å². The van der Waals surface area contributed by atoms with Crippen molar-refractivity contribution in [3.05, 3.63) is 74.0 Å². The summed E-state index contributed by atoms with van der Waals surface area (Å²) >= 11 is 6.13. The predicted octanol–water partition coefficient (Wildman–Crippen LogP) is 4.52. The minimum atomic E-state index is -3.95. The summed E-state index contributed by atoms with van der Waals surface area (Å²) in [5, 5.41) is 11.2. The SMILES string of the molecule is Cc1cc2c(cc1Cl)C(c1ccc([N+](=O)[O-])cc1)=CP(=O)(O)O2. The number of non-ortho nitro benzene ring substituents is 1. The van der Waals surface area contributed by atoms with Crippen molar-refractivity contribution in [2.75, 3.05) is 0 Å². The Balaban J connectivity index is 2.17. The van der Waals surface area contributed by atoms with Crippen LogP contribution in [0, 0.1) is 17.0 Å². The van der Waals surface area contributed by atoms with Gasteiger partial charge in [0.15, 0.2) is 0 Å². The molecule has 2 aromatic rings. The second-order valence-electron chi connectivity index (χ2n) is 5.10. The number of benzene rings is 2. The summed E-state index contributed by atoms with van der Waals surface area (Å²) in [4.78, 5) is 20.1. The predicted molar refractivity (Wildman–Crippen MR) is 86.8 cm³/mol. The number of nitro groups is 1. The van der Waals surface area contributed by atoms with E-state index in [1.165, 1.54) is 24.3 Å². The summed E-state index contributed by atoms with van der Waals surface area (Å²) < 4.78 is 17.2. The topological polar surface area (TPSA) is 89.7 Å². The molecular formula is C15H11ClNO5P. The Morgan fingerprint density at radius 3 is 2.52 bits per heavy atom. The summed E-state index contributed by atoms with van der Waals surface area (Å²) in [6.07, 6.45) is 0. The average Bonchev–Trinajstić information content (AvgIpc) is 2.48. The number of halogens is 1. The Bertz CT molecular complexity index is 891. The molecule has 3 rings (SSSR count). The van der Waals surface area contributed by atoms with E-state index in [1.54, 1.807) is 19.1 Å². The van der Waals surface area contributed by atoms with Crippen LogP contribution in [0.25, 0.3) is 5.57 Å². The third-order valence-electron chi connectivity index (χ3n) is 3.46. The van der Waals surface area contributed by atoms with Crippen LogP contribution in [0.4, 0.5) is 5.69 Å². The van der Waals surface area contributed by atoms with Crippen LogP contribution in [0.1, 0.15) is 16.7 Å². The zero-order valence-corrected chi connectivity index (χ0v) is 13.5. The van der Waals surface area contributed by atoms with Gasteiger partial charge in [0.1, 0.15) is 5.75 Å². The van der Waals surface area contributed by atoms with E-state index in [-0.39, 0.29) is 11.4 Å². The van der Waals surface area contributed by atoms with Crippen molar-refractivity contribution in [1.29, 1.82) is 0 Å². The summed E-state index contributed by atoms with van der Waals surface area (Å²) in [6, 6.07) is 8.96. The van der Waals surface area contributed by atoms with Crippen LogP contribution in [-0.2, 0) is 4.57 Å². The average molecular weight is 352 g/mol. The smallest absolute Gasteiger partial charge is 0.401 e. The summed E-state index contributed by atoms with van der Waals surface area (Å²) in [5.41, 5.74) is 2.24. The molecule has 0 saturated heterocycles. The molecule has 23 heavy (non-hydrogen) atoms. The maximum Gasteiger partial charge on any atom is 0.401 e. The van der Waals surface area contributed by atoms with Gasteiger partial charge in [0.2, 0.25) is 0 Å². The Morgan fingerprint density at radius 2 is 1.91 bits per heavy atom. The van der Waals surface area contributed by atoms with E-state index >= 15 is 0 Å². The summed E-state index contributed by atoms with van der Waals surface area (Å²) in [5.74, 6) is 1.39. The Labute approximate surface area is 136 Å². The van der Waals surface area contributed by atoms with Crippen molar-refractivity contribution in [2.45, 2.75) is 6.92 Å². The fourth-order valence-electron chi connectivity index (χ4n) is 2.33. The van der Waals surface area contributed by atoms with Crippen LogP contribution < -0.4 is 4.52 Å². The second-order valence-corrected chi connectivity index (χ2v) is 7.08. The third-order valence-corrected chi connectivity index (χ3v) is 4.91. The first-order valence-corrected chi connectivity index (χ1v) is 8.59. The van der Waals surface area contributed by atoms with Crippen LogP contribution >= 0.6 is 19.2 Å².